The number of Topliss-reactive ketones (excluding diaryl/α,β-unsaturated/α-hetero) is 1. The Bertz CT molecular complexity index is 861. The molecule has 1 aliphatic carbocycles. The lowest BCUT2D eigenvalue weighted by molar-refractivity contribution is -0.132. The minimum absolute atomic E-state index is 0.183. The smallest absolute Gasteiger partial charge is 0.266 e. The van der Waals surface area contributed by atoms with E-state index < -0.39 is 18.4 Å². The van der Waals surface area contributed by atoms with Crippen LogP contribution in [0.2, 0.25) is 5.15 Å². The summed E-state index contributed by atoms with van der Waals surface area (Å²) < 4.78 is 26.1. The number of aliphatic hydroxyl groups is 1. The molecule has 2 aromatic rings. The number of alkyl halides is 2. The summed E-state index contributed by atoms with van der Waals surface area (Å²) in [6, 6.07) is 2.02. The van der Waals surface area contributed by atoms with Gasteiger partial charge in [-0.3, -0.25) is 4.79 Å². The van der Waals surface area contributed by atoms with Gasteiger partial charge in [0.15, 0.2) is 5.65 Å². The molecule has 8 heteroatoms. The summed E-state index contributed by atoms with van der Waals surface area (Å²) in [5.74, 6) is 0.687. The fraction of sp³-hybridized carbons (Fsp3) is 0.650. The van der Waals surface area contributed by atoms with Gasteiger partial charge >= 0.3 is 0 Å². The number of hydrogen-bond acceptors (Lipinski definition) is 4. The van der Waals surface area contributed by atoms with Gasteiger partial charge in [-0.05, 0) is 58.6 Å². The number of carbonyl (C=O) groups is 1. The lowest BCUT2D eigenvalue weighted by Crippen LogP contribution is -2.38. The van der Waals surface area contributed by atoms with Gasteiger partial charge in [-0.1, -0.05) is 18.5 Å². The van der Waals surface area contributed by atoms with E-state index in [2.05, 4.69) is 28.4 Å². The number of rotatable bonds is 5. The van der Waals surface area contributed by atoms with Crippen LogP contribution in [-0.4, -0.2) is 37.5 Å². The second kappa shape index (κ2) is 8.41. The van der Waals surface area contributed by atoms with E-state index in [9.17, 15) is 13.6 Å². The van der Waals surface area contributed by atoms with Gasteiger partial charge in [-0.2, -0.15) is 0 Å². The highest BCUT2D eigenvalue weighted by Gasteiger charge is 2.36. The fourth-order valence-electron chi connectivity index (χ4n) is 3.35. The van der Waals surface area contributed by atoms with Gasteiger partial charge in [-0.25, -0.2) is 18.7 Å². The lowest BCUT2D eigenvalue weighted by atomic mass is 9.78. The van der Waals surface area contributed by atoms with Crippen molar-refractivity contribution in [2.75, 3.05) is 0 Å². The average Bonchev–Trinajstić information content (AvgIpc) is 2.88. The molecule has 2 heterocycles. The van der Waals surface area contributed by atoms with E-state index in [0.29, 0.717) is 5.15 Å². The Morgan fingerprint density at radius 3 is 2.46 bits per heavy atom. The van der Waals surface area contributed by atoms with Crippen LogP contribution in [0.25, 0.3) is 11.2 Å². The first-order valence-corrected chi connectivity index (χ1v) is 9.84. The topological polar surface area (TPSA) is 68.0 Å². The Morgan fingerprint density at radius 1 is 1.39 bits per heavy atom. The van der Waals surface area contributed by atoms with Crippen LogP contribution < -0.4 is 0 Å². The molecule has 5 nitrogen and oxygen atoms in total. The minimum atomic E-state index is -2.86. The van der Waals surface area contributed by atoms with Gasteiger partial charge in [0.25, 0.3) is 6.43 Å². The van der Waals surface area contributed by atoms with Crippen LogP contribution in [0.5, 0.6) is 0 Å². The first-order chi connectivity index (χ1) is 12.9. The molecule has 1 aliphatic rings. The van der Waals surface area contributed by atoms with Crippen LogP contribution in [0.3, 0.4) is 0 Å². The van der Waals surface area contributed by atoms with Crippen molar-refractivity contribution < 1.29 is 18.7 Å². The highest BCUT2D eigenvalue weighted by molar-refractivity contribution is 6.30. The summed E-state index contributed by atoms with van der Waals surface area (Å²) in [6.07, 6.45) is 0.538. The van der Waals surface area contributed by atoms with Crippen LogP contribution in [0.1, 0.15) is 64.3 Å². The summed E-state index contributed by atoms with van der Waals surface area (Å²) >= 11 is 6.13. The van der Waals surface area contributed by atoms with E-state index in [4.69, 9.17) is 16.7 Å². The third kappa shape index (κ3) is 4.69. The molecule has 0 aliphatic heterocycles. The van der Waals surface area contributed by atoms with Crippen molar-refractivity contribution in [3.63, 3.8) is 0 Å². The molecule has 0 spiro atoms. The third-order valence-corrected chi connectivity index (χ3v) is 5.70. The Kier molecular flexibility index (Phi) is 6.82. The number of aromatic nitrogens is 3. The van der Waals surface area contributed by atoms with Crippen LogP contribution in [0.4, 0.5) is 8.78 Å². The van der Waals surface area contributed by atoms with E-state index in [-0.39, 0.29) is 17.7 Å². The molecule has 2 aromatic heterocycles. The Hall–Kier alpha value is -1.60. The van der Waals surface area contributed by atoms with Crippen LogP contribution in [-0.2, 0) is 10.3 Å². The zero-order valence-electron chi connectivity index (χ0n) is 17.0. The van der Waals surface area contributed by atoms with Crippen LogP contribution >= 0.6 is 11.6 Å². The Morgan fingerprint density at radius 2 is 2.00 bits per heavy atom. The number of aryl methyl sites for hydroxylation is 2. The number of fused-ring (bicyclic) bond motifs is 1. The summed E-state index contributed by atoms with van der Waals surface area (Å²) in [4.78, 5) is 19.8. The van der Waals surface area contributed by atoms with E-state index >= 15 is 0 Å². The number of ketones is 1. The number of nitrogens with zero attached hydrogens (tertiary/aromatic N) is 3. The van der Waals surface area contributed by atoms with E-state index in [1.165, 1.54) is 19.3 Å². The van der Waals surface area contributed by atoms with Crippen molar-refractivity contribution >= 4 is 28.5 Å². The SMILES string of the molecule is CCC(=O)CC(C)(O)C(F)F.Cc1cc2nc(C)n(C3(C)CCC3)c2nc1Cl. The highest BCUT2D eigenvalue weighted by Crippen LogP contribution is 2.41. The number of carbonyl (C=O) groups excluding carboxylic acids is 1. The number of pyridine rings is 1. The predicted molar refractivity (Wildman–Crippen MR) is 106 cm³/mol. The third-order valence-electron chi connectivity index (χ3n) is 5.32. The van der Waals surface area contributed by atoms with E-state index in [1.54, 1.807) is 6.92 Å². The molecule has 0 radical (unpaired) electrons. The van der Waals surface area contributed by atoms with Gasteiger partial charge in [0.1, 0.15) is 27.9 Å². The van der Waals surface area contributed by atoms with Crippen molar-refractivity contribution in [1.29, 1.82) is 0 Å². The molecule has 1 atom stereocenters. The molecule has 156 valence electrons. The molecule has 1 unspecified atom stereocenters. The van der Waals surface area contributed by atoms with E-state index in [1.807, 2.05) is 13.0 Å². The maximum absolute atomic E-state index is 11.9. The number of imidazole rings is 1. The van der Waals surface area contributed by atoms with Gasteiger partial charge < -0.3 is 9.67 Å². The normalized spacial score (nSPS) is 17.6. The number of hydrogen-bond donors (Lipinski definition) is 1. The molecule has 0 bridgehead atoms. The molecule has 1 saturated carbocycles. The molecule has 1 fully saturated rings. The fourth-order valence-corrected chi connectivity index (χ4v) is 3.49. The van der Waals surface area contributed by atoms with E-state index in [0.717, 1.165) is 29.5 Å². The molecule has 28 heavy (non-hydrogen) atoms. The van der Waals surface area contributed by atoms with Crippen LogP contribution in [0, 0.1) is 13.8 Å². The van der Waals surface area contributed by atoms with Gasteiger partial charge in [0.2, 0.25) is 0 Å². The molecular weight excluding hydrogens is 388 g/mol. The van der Waals surface area contributed by atoms with Crippen molar-refractivity contribution in [1.82, 2.24) is 14.5 Å². The standard InChI is InChI=1S/C13H16ClN3.C7H12F2O2/c1-8-7-10-12(16-11(8)14)17(9(2)15-10)13(3)5-4-6-13;1-3-5(10)4-7(2,11)6(8)9/h7H,4-6H2,1-3H3;6,11H,3-4H2,1-2H3. The first-order valence-electron chi connectivity index (χ1n) is 9.46. The van der Waals surface area contributed by atoms with Gasteiger partial charge in [0.05, 0.1) is 0 Å². The van der Waals surface area contributed by atoms with Crippen LogP contribution in [0.15, 0.2) is 6.07 Å². The average molecular weight is 416 g/mol. The van der Waals surface area contributed by atoms with Crippen molar-refractivity contribution in [3.8, 4) is 0 Å². The molecule has 0 amide bonds. The maximum atomic E-state index is 11.9. The van der Waals surface area contributed by atoms with Gasteiger partial charge in [0, 0.05) is 18.4 Å². The zero-order valence-corrected chi connectivity index (χ0v) is 17.8. The minimum Gasteiger partial charge on any atom is -0.384 e. The lowest BCUT2D eigenvalue weighted by Gasteiger charge is -2.40. The monoisotopic (exact) mass is 415 g/mol. The highest BCUT2D eigenvalue weighted by atomic mass is 35.5. The Labute approximate surface area is 169 Å². The molecule has 0 saturated heterocycles. The zero-order chi connectivity index (χ0) is 21.3. The Balaban J connectivity index is 0.000000224. The van der Waals surface area contributed by atoms with Crippen molar-refractivity contribution in [2.24, 2.45) is 0 Å². The quantitative estimate of drug-likeness (QED) is 0.700. The molecular formula is C20H28ClF2N3O2. The van der Waals surface area contributed by atoms with Crippen molar-refractivity contribution in [3.05, 3.63) is 22.6 Å². The van der Waals surface area contributed by atoms with Crippen molar-refractivity contribution in [2.45, 2.75) is 84.3 Å². The summed E-state index contributed by atoms with van der Waals surface area (Å²) in [7, 11) is 0. The predicted octanol–water partition coefficient (Wildman–Crippen LogP) is 4.97. The summed E-state index contributed by atoms with van der Waals surface area (Å²) in [5, 5.41) is 9.51. The summed E-state index contributed by atoms with van der Waals surface area (Å²) in [6.45, 7) is 8.83. The van der Waals surface area contributed by atoms with Gasteiger partial charge in [-0.15, -0.1) is 0 Å². The maximum Gasteiger partial charge on any atom is 0.266 e. The first kappa shape index (κ1) is 22.7. The molecule has 0 aromatic carbocycles. The summed E-state index contributed by atoms with van der Waals surface area (Å²) in [5.41, 5.74) is 0.901. The second-order valence-corrected chi connectivity index (χ2v) is 8.37. The molecule has 1 N–H and O–H groups in total. The number of halogens is 3. The largest absolute Gasteiger partial charge is 0.384 e. The second-order valence-electron chi connectivity index (χ2n) is 8.01. The molecule has 3 rings (SSSR count).